The highest BCUT2D eigenvalue weighted by Crippen LogP contribution is 2.41. The van der Waals surface area contributed by atoms with E-state index in [-0.39, 0.29) is 27.1 Å². The van der Waals surface area contributed by atoms with E-state index in [1.165, 1.54) is 37.5 Å². The molecule has 0 aliphatic carbocycles. The lowest BCUT2D eigenvalue weighted by Crippen LogP contribution is -2.42. The molecule has 0 saturated carbocycles. The van der Waals surface area contributed by atoms with E-state index in [2.05, 4.69) is 15.0 Å². The predicted molar refractivity (Wildman–Crippen MR) is 123 cm³/mol. The van der Waals surface area contributed by atoms with E-state index in [1.807, 2.05) is 0 Å². The average Bonchev–Trinajstić information content (AvgIpc) is 3.20. The molecule has 1 heterocycles. The molecule has 2 N–H and O–H groups in total. The first-order valence-electron chi connectivity index (χ1n) is 10.0. The lowest BCUT2D eigenvalue weighted by Gasteiger charge is -2.16. The molecular weight excluding hydrogens is 503 g/mol. The topological polar surface area (TPSA) is 130 Å². The summed E-state index contributed by atoms with van der Waals surface area (Å²) in [6.45, 7) is -0.576. The molecule has 3 rings (SSSR count). The Morgan fingerprint density at radius 3 is 2.56 bits per heavy atom. The van der Waals surface area contributed by atoms with Gasteiger partial charge in [0.2, 0.25) is 0 Å². The summed E-state index contributed by atoms with van der Waals surface area (Å²) in [6, 6.07) is 7.80. The van der Waals surface area contributed by atoms with Gasteiger partial charge in [0.15, 0.2) is 16.7 Å². The van der Waals surface area contributed by atoms with Gasteiger partial charge in [-0.25, -0.2) is 4.79 Å². The number of nitrogens with one attached hydrogen (secondary N) is 1. The fourth-order valence-electron chi connectivity index (χ4n) is 2.98. The molecule has 9 nitrogen and oxygen atoms in total. The second kappa shape index (κ2) is 11.1. The number of hydrogen-bond acceptors (Lipinski definition) is 9. The van der Waals surface area contributed by atoms with Gasteiger partial charge in [0.25, 0.3) is 5.91 Å². The normalized spacial score (nSPS) is 15.2. The second-order valence-corrected chi connectivity index (χ2v) is 8.10. The number of halogens is 3. The summed E-state index contributed by atoms with van der Waals surface area (Å²) >= 11 is 0.922. The van der Waals surface area contributed by atoms with Gasteiger partial charge >= 0.3 is 12.1 Å². The summed E-state index contributed by atoms with van der Waals surface area (Å²) in [6.07, 6.45) is -3.29. The number of methoxy groups -OCH3 is 2. The van der Waals surface area contributed by atoms with Crippen LogP contribution in [0.3, 0.4) is 0 Å². The molecular formula is C23H18F3N3O6S. The molecule has 0 bridgehead atoms. The van der Waals surface area contributed by atoms with Crippen LogP contribution in [0, 0.1) is 11.3 Å². The van der Waals surface area contributed by atoms with E-state index in [9.17, 15) is 27.9 Å². The van der Waals surface area contributed by atoms with Gasteiger partial charge in [0, 0.05) is 0 Å². The van der Waals surface area contributed by atoms with Gasteiger partial charge in [-0.3, -0.25) is 4.79 Å². The van der Waals surface area contributed by atoms with Crippen LogP contribution in [0.15, 0.2) is 46.3 Å². The Kier molecular flexibility index (Phi) is 8.23. The number of nitrogens with zero attached hydrogens (tertiary/aromatic N) is 2. The number of esters is 1. The number of carbonyl (C=O) groups excluding carboxylic acids is 2. The van der Waals surface area contributed by atoms with Crippen molar-refractivity contribution >= 4 is 34.9 Å². The maximum atomic E-state index is 13.5. The number of benzene rings is 2. The average molecular weight is 521 g/mol. The molecule has 1 unspecified atom stereocenters. The molecule has 0 spiro atoms. The fraction of sp³-hybridized carbons (Fsp3) is 0.217. The third-order valence-corrected chi connectivity index (χ3v) is 5.62. The Balaban J connectivity index is 1.83. The van der Waals surface area contributed by atoms with Crippen molar-refractivity contribution in [3.63, 3.8) is 0 Å². The minimum absolute atomic E-state index is 0.0252. The Morgan fingerprint density at radius 1 is 1.22 bits per heavy atom. The van der Waals surface area contributed by atoms with Gasteiger partial charge in [0.1, 0.15) is 11.8 Å². The van der Waals surface area contributed by atoms with Crippen LogP contribution in [-0.2, 0) is 20.5 Å². The summed E-state index contributed by atoms with van der Waals surface area (Å²) in [5.41, 5.74) is -0.836. The Hall–Kier alpha value is -4.02. The first-order valence-corrected chi connectivity index (χ1v) is 10.9. The lowest BCUT2D eigenvalue weighted by molar-refractivity contribution is -0.143. The van der Waals surface area contributed by atoms with Crippen LogP contribution in [0.5, 0.6) is 17.2 Å². The van der Waals surface area contributed by atoms with Gasteiger partial charge in [-0.05, 0) is 53.7 Å². The number of carbonyl (C=O) groups is 2. The lowest BCUT2D eigenvalue weighted by atomic mass is 10.1. The number of nitriles is 1. The van der Waals surface area contributed by atoms with E-state index < -0.39 is 42.0 Å². The smallest absolute Gasteiger partial charge is 0.420 e. The predicted octanol–water partition coefficient (Wildman–Crippen LogP) is 3.47. The molecule has 1 aliphatic heterocycles. The number of rotatable bonds is 7. The van der Waals surface area contributed by atoms with Crippen molar-refractivity contribution in [2.75, 3.05) is 20.8 Å². The summed E-state index contributed by atoms with van der Waals surface area (Å²) in [5.74, 6) is -1.79. The molecule has 1 amide bonds. The number of aliphatic hydroxyl groups is 1. The van der Waals surface area contributed by atoms with Crippen molar-refractivity contribution in [2.45, 2.75) is 12.2 Å². The fourth-order valence-corrected chi connectivity index (χ4v) is 3.85. The Labute approximate surface area is 207 Å². The summed E-state index contributed by atoms with van der Waals surface area (Å²) in [5, 5.41) is 20.9. The number of thioether (sulfide) groups is 1. The van der Waals surface area contributed by atoms with Crippen molar-refractivity contribution in [1.82, 2.24) is 5.32 Å². The van der Waals surface area contributed by atoms with Gasteiger partial charge in [-0.1, -0.05) is 6.07 Å². The minimum atomic E-state index is -4.76. The third-order valence-electron chi connectivity index (χ3n) is 4.71. The van der Waals surface area contributed by atoms with Crippen LogP contribution in [0.2, 0.25) is 0 Å². The van der Waals surface area contributed by atoms with E-state index in [1.54, 1.807) is 6.07 Å². The largest absolute Gasteiger partial charge is 0.493 e. The molecule has 2 aromatic rings. The number of amidine groups is 1. The van der Waals surface area contributed by atoms with Crippen LogP contribution >= 0.6 is 11.8 Å². The van der Waals surface area contributed by atoms with E-state index in [0.717, 1.165) is 24.9 Å². The number of amides is 1. The minimum Gasteiger partial charge on any atom is -0.493 e. The van der Waals surface area contributed by atoms with Gasteiger partial charge in [-0.2, -0.15) is 23.4 Å². The van der Waals surface area contributed by atoms with Gasteiger partial charge in [-0.15, -0.1) is 0 Å². The van der Waals surface area contributed by atoms with Crippen molar-refractivity contribution in [1.29, 1.82) is 5.26 Å². The monoisotopic (exact) mass is 521 g/mol. The number of aliphatic hydroxyl groups excluding tert-OH is 1. The standard InChI is InChI=1S/C23H18F3N3O6S/c1-33-18-8-12(9-19-20(31)29-22(36-19)28-15(11-30)21(32)34-2)3-6-17(18)35-16-5-4-13(10-27)7-14(16)23(24,25)26/h3-9,15,30H,11H2,1-2H3,(H,28,29,31)/b19-9+. The molecule has 188 valence electrons. The zero-order chi connectivity index (χ0) is 26.5. The van der Waals surface area contributed by atoms with Crippen molar-refractivity contribution in [3.8, 4) is 23.3 Å². The highest BCUT2D eigenvalue weighted by molar-refractivity contribution is 8.18. The van der Waals surface area contributed by atoms with E-state index in [4.69, 9.17) is 14.7 Å². The molecule has 2 aromatic carbocycles. The molecule has 1 atom stereocenters. The molecule has 0 fully saturated rings. The van der Waals surface area contributed by atoms with Crippen molar-refractivity contribution < 1.29 is 42.1 Å². The molecule has 0 saturated heterocycles. The number of ether oxygens (including phenoxy) is 3. The summed E-state index contributed by atoms with van der Waals surface area (Å²) < 4.78 is 55.6. The van der Waals surface area contributed by atoms with Gasteiger partial charge < -0.3 is 24.6 Å². The highest BCUT2D eigenvalue weighted by atomic mass is 32.2. The number of hydrogen-bond donors (Lipinski definition) is 2. The summed E-state index contributed by atoms with van der Waals surface area (Å²) in [4.78, 5) is 27.9. The zero-order valence-corrected chi connectivity index (χ0v) is 19.6. The first kappa shape index (κ1) is 26.6. The van der Waals surface area contributed by atoms with Crippen molar-refractivity contribution in [3.05, 3.63) is 58.0 Å². The van der Waals surface area contributed by atoms with Gasteiger partial charge in [0.05, 0.1) is 42.9 Å². The maximum Gasteiger partial charge on any atom is 0.420 e. The Morgan fingerprint density at radius 2 is 1.94 bits per heavy atom. The number of alkyl halides is 3. The van der Waals surface area contributed by atoms with Crippen LogP contribution in [-0.4, -0.2) is 49.0 Å². The molecule has 36 heavy (non-hydrogen) atoms. The highest BCUT2D eigenvalue weighted by Gasteiger charge is 2.35. The quantitative estimate of drug-likeness (QED) is 0.415. The van der Waals surface area contributed by atoms with Crippen LogP contribution in [0.4, 0.5) is 13.2 Å². The summed E-state index contributed by atoms with van der Waals surface area (Å²) in [7, 11) is 2.45. The van der Waals surface area contributed by atoms with Crippen LogP contribution in [0.1, 0.15) is 16.7 Å². The maximum absolute atomic E-state index is 13.5. The SMILES string of the molecule is COC(=O)C(CO)NC1=NC(=O)/C(=C\c2ccc(Oc3ccc(C#N)cc3C(F)(F)F)c(OC)c2)S1. The first-order chi connectivity index (χ1) is 17.1. The second-order valence-electron chi connectivity index (χ2n) is 7.07. The molecule has 1 aliphatic rings. The zero-order valence-electron chi connectivity index (χ0n) is 18.8. The Bertz CT molecular complexity index is 1290. The van der Waals surface area contributed by atoms with Crippen LogP contribution < -0.4 is 14.8 Å². The molecule has 0 radical (unpaired) electrons. The van der Waals surface area contributed by atoms with E-state index in [0.29, 0.717) is 11.6 Å². The number of aliphatic imine (C=N–C) groups is 1. The van der Waals surface area contributed by atoms with Crippen LogP contribution in [0.25, 0.3) is 6.08 Å². The molecule has 13 heteroatoms. The van der Waals surface area contributed by atoms with E-state index >= 15 is 0 Å². The van der Waals surface area contributed by atoms with Crippen molar-refractivity contribution in [2.24, 2.45) is 4.99 Å². The molecule has 0 aromatic heterocycles. The third kappa shape index (κ3) is 6.15.